The van der Waals surface area contributed by atoms with E-state index in [-0.39, 0.29) is 0 Å². The molecule has 2 unspecified atom stereocenters. The van der Waals surface area contributed by atoms with Crippen molar-refractivity contribution < 1.29 is 0 Å². The van der Waals surface area contributed by atoms with E-state index in [1.54, 1.807) is 0 Å². The van der Waals surface area contributed by atoms with Crippen LogP contribution in [-0.2, 0) is 13.6 Å². The molecule has 3 heterocycles. The molecule has 6 heteroatoms. The lowest BCUT2D eigenvalue weighted by atomic mass is 10.0. The van der Waals surface area contributed by atoms with Crippen LogP contribution in [0.2, 0.25) is 0 Å². The van der Waals surface area contributed by atoms with Crippen LogP contribution < -0.4 is 5.32 Å². The van der Waals surface area contributed by atoms with E-state index in [0.717, 1.165) is 41.1 Å². The lowest BCUT2D eigenvalue weighted by Crippen LogP contribution is -2.22. The van der Waals surface area contributed by atoms with Gasteiger partial charge in [0.25, 0.3) is 0 Å². The molecule has 0 bridgehead atoms. The first-order valence-corrected chi connectivity index (χ1v) is 7.83. The molecule has 2 atom stereocenters. The summed E-state index contributed by atoms with van der Waals surface area (Å²) in [6.45, 7) is 3.28. The van der Waals surface area contributed by atoms with Gasteiger partial charge in [-0.15, -0.1) is 0 Å². The maximum absolute atomic E-state index is 4.71. The van der Waals surface area contributed by atoms with Crippen molar-refractivity contribution in [3.8, 4) is 0 Å². The number of likely N-dealkylation sites (tertiary alicyclic amines) is 1. The smallest absolute Gasteiger partial charge is 0.163 e. The van der Waals surface area contributed by atoms with E-state index in [9.17, 15) is 0 Å². The van der Waals surface area contributed by atoms with Gasteiger partial charge in [-0.25, -0.2) is 9.97 Å². The summed E-state index contributed by atoms with van der Waals surface area (Å²) in [7, 11) is 3.83. The van der Waals surface area contributed by atoms with Gasteiger partial charge in [-0.2, -0.15) is 5.10 Å². The molecule has 1 aliphatic carbocycles. The van der Waals surface area contributed by atoms with Gasteiger partial charge in [0.2, 0.25) is 0 Å². The Morgan fingerprint density at radius 3 is 2.71 bits per heavy atom. The van der Waals surface area contributed by atoms with Gasteiger partial charge < -0.3 is 5.32 Å². The summed E-state index contributed by atoms with van der Waals surface area (Å²) in [4.78, 5) is 11.9. The van der Waals surface area contributed by atoms with E-state index in [4.69, 9.17) is 4.98 Å². The van der Waals surface area contributed by atoms with Crippen molar-refractivity contribution >= 4 is 16.9 Å². The molecule has 6 nitrogen and oxygen atoms in total. The van der Waals surface area contributed by atoms with Crippen LogP contribution in [0, 0.1) is 11.8 Å². The number of aromatic nitrogens is 4. The van der Waals surface area contributed by atoms with Crippen molar-refractivity contribution in [3.63, 3.8) is 0 Å². The second-order valence-electron chi connectivity index (χ2n) is 6.39. The Morgan fingerprint density at radius 1 is 1.24 bits per heavy atom. The van der Waals surface area contributed by atoms with E-state index in [2.05, 4.69) is 20.3 Å². The fourth-order valence-electron chi connectivity index (χ4n) is 3.99. The average Bonchev–Trinajstić information content (AvgIpc) is 3.14. The van der Waals surface area contributed by atoms with Gasteiger partial charge in [0.05, 0.1) is 18.1 Å². The Morgan fingerprint density at radius 2 is 2.00 bits per heavy atom. The third kappa shape index (κ3) is 2.18. The molecule has 2 fully saturated rings. The monoisotopic (exact) mass is 286 g/mol. The van der Waals surface area contributed by atoms with Crippen molar-refractivity contribution in [2.45, 2.75) is 25.8 Å². The number of hydrogen-bond donors (Lipinski definition) is 1. The SMILES string of the molecule is CNc1nc(CN2CC3CCCC3C2)nc2c1cnn2C. The van der Waals surface area contributed by atoms with Crippen LogP contribution >= 0.6 is 0 Å². The Labute approximate surface area is 124 Å². The topological polar surface area (TPSA) is 58.9 Å². The predicted octanol–water partition coefficient (Wildman–Crippen LogP) is 1.64. The first-order chi connectivity index (χ1) is 10.2. The molecule has 1 aliphatic heterocycles. The Balaban J connectivity index is 1.60. The standard InChI is InChI=1S/C15H22N6/c1-16-14-12-6-17-20(2)15(12)19-13(18-14)9-21-7-10-4-3-5-11(10)8-21/h6,10-11H,3-5,7-9H2,1-2H3,(H,16,18,19). The van der Waals surface area contributed by atoms with Crippen LogP contribution in [0.5, 0.6) is 0 Å². The van der Waals surface area contributed by atoms with Crippen molar-refractivity contribution in [1.29, 1.82) is 0 Å². The first kappa shape index (κ1) is 13.0. The highest BCUT2D eigenvalue weighted by atomic mass is 15.3. The summed E-state index contributed by atoms with van der Waals surface area (Å²) in [5, 5.41) is 8.44. The number of rotatable bonds is 3. The number of hydrogen-bond acceptors (Lipinski definition) is 5. The maximum Gasteiger partial charge on any atom is 0.163 e. The van der Waals surface area contributed by atoms with E-state index in [1.807, 2.05) is 25.0 Å². The summed E-state index contributed by atoms with van der Waals surface area (Å²) in [6, 6.07) is 0. The van der Waals surface area contributed by atoms with Gasteiger partial charge in [0.15, 0.2) is 5.65 Å². The zero-order valence-corrected chi connectivity index (χ0v) is 12.7. The third-order valence-electron chi connectivity index (χ3n) is 5.04. The Bertz CT molecular complexity index is 651. The van der Waals surface area contributed by atoms with Crippen LogP contribution in [-0.4, -0.2) is 44.8 Å². The molecule has 0 radical (unpaired) electrons. The van der Waals surface area contributed by atoms with Gasteiger partial charge in [-0.05, 0) is 24.7 Å². The minimum atomic E-state index is 0.850. The molecule has 2 aliphatic rings. The number of nitrogens with zero attached hydrogens (tertiary/aromatic N) is 5. The number of nitrogens with one attached hydrogen (secondary N) is 1. The Hall–Kier alpha value is -1.69. The van der Waals surface area contributed by atoms with E-state index >= 15 is 0 Å². The summed E-state index contributed by atoms with van der Waals surface area (Å²) in [5.41, 5.74) is 0.906. The summed E-state index contributed by atoms with van der Waals surface area (Å²) in [6.07, 6.45) is 6.06. The van der Waals surface area contributed by atoms with Gasteiger partial charge in [0, 0.05) is 27.2 Å². The van der Waals surface area contributed by atoms with E-state index in [1.165, 1.54) is 32.4 Å². The molecule has 2 aromatic rings. The number of fused-ring (bicyclic) bond motifs is 2. The zero-order chi connectivity index (χ0) is 14.4. The first-order valence-electron chi connectivity index (χ1n) is 7.83. The Kier molecular flexibility index (Phi) is 3.06. The van der Waals surface area contributed by atoms with Crippen molar-refractivity contribution in [3.05, 3.63) is 12.0 Å². The van der Waals surface area contributed by atoms with Crippen LogP contribution in [0.15, 0.2) is 6.20 Å². The molecule has 21 heavy (non-hydrogen) atoms. The highest BCUT2D eigenvalue weighted by Crippen LogP contribution is 2.38. The third-order valence-corrected chi connectivity index (χ3v) is 5.04. The molecule has 1 saturated heterocycles. The highest BCUT2D eigenvalue weighted by Gasteiger charge is 2.36. The molecular formula is C15H22N6. The van der Waals surface area contributed by atoms with Crippen molar-refractivity contribution in [2.24, 2.45) is 18.9 Å². The molecule has 1 saturated carbocycles. The lowest BCUT2D eigenvalue weighted by molar-refractivity contribution is 0.296. The van der Waals surface area contributed by atoms with Crippen LogP contribution in [0.1, 0.15) is 25.1 Å². The van der Waals surface area contributed by atoms with Crippen molar-refractivity contribution in [1.82, 2.24) is 24.6 Å². The molecule has 112 valence electrons. The summed E-state index contributed by atoms with van der Waals surface area (Å²) < 4.78 is 1.82. The molecule has 2 aromatic heterocycles. The average molecular weight is 286 g/mol. The molecule has 4 rings (SSSR count). The second-order valence-corrected chi connectivity index (χ2v) is 6.39. The fourth-order valence-corrected chi connectivity index (χ4v) is 3.99. The molecule has 0 amide bonds. The van der Waals surface area contributed by atoms with Crippen LogP contribution in [0.25, 0.3) is 11.0 Å². The second kappa shape index (κ2) is 4.94. The van der Waals surface area contributed by atoms with Crippen LogP contribution in [0.4, 0.5) is 5.82 Å². The quantitative estimate of drug-likeness (QED) is 0.929. The van der Waals surface area contributed by atoms with E-state index in [0.29, 0.717) is 0 Å². The number of aryl methyl sites for hydroxylation is 1. The molecular weight excluding hydrogens is 264 g/mol. The lowest BCUT2D eigenvalue weighted by Gasteiger charge is -2.16. The molecule has 0 spiro atoms. The summed E-state index contributed by atoms with van der Waals surface area (Å²) >= 11 is 0. The highest BCUT2D eigenvalue weighted by molar-refractivity contribution is 5.86. The largest absolute Gasteiger partial charge is 0.372 e. The normalized spacial score (nSPS) is 25.6. The number of anilines is 1. The zero-order valence-electron chi connectivity index (χ0n) is 12.7. The molecule has 1 N–H and O–H groups in total. The van der Waals surface area contributed by atoms with Crippen LogP contribution in [0.3, 0.4) is 0 Å². The maximum atomic E-state index is 4.71. The minimum Gasteiger partial charge on any atom is -0.372 e. The minimum absolute atomic E-state index is 0.850. The van der Waals surface area contributed by atoms with Gasteiger partial charge in [-0.3, -0.25) is 9.58 Å². The fraction of sp³-hybridized carbons (Fsp3) is 0.667. The van der Waals surface area contributed by atoms with Gasteiger partial charge in [0.1, 0.15) is 11.6 Å². The molecule has 0 aromatic carbocycles. The van der Waals surface area contributed by atoms with Crippen molar-refractivity contribution in [2.75, 3.05) is 25.5 Å². The predicted molar refractivity (Wildman–Crippen MR) is 82.0 cm³/mol. The van der Waals surface area contributed by atoms with E-state index < -0.39 is 0 Å². The van der Waals surface area contributed by atoms with Gasteiger partial charge in [-0.1, -0.05) is 6.42 Å². The van der Waals surface area contributed by atoms with Gasteiger partial charge >= 0.3 is 0 Å². The summed E-state index contributed by atoms with van der Waals surface area (Å²) in [5.74, 6) is 3.60.